The van der Waals surface area contributed by atoms with Gasteiger partial charge in [0.2, 0.25) is 0 Å². The summed E-state index contributed by atoms with van der Waals surface area (Å²) in [6.45, 7) is 6.01. The van der Waals surface area contributed by atoms with Gasteiger partial charge in [0, 0.05) is 36.1 Å². The first-order valence-electron chi connectivity index (χ1n) is 9.40. The van der Waals surface area contributed by atoms with E-state index in [9.17, 15) is 10.1 Å². The molecule has 1 saturated heterocycles. The van der Waals surface area contributed by atoms with Crippen molar-refractivity contribution in [3.05, 3.63) is 63.4 Å². The topological polar surface area (TPSA) is 67.0 Å². The van der Waals surface area contributed by atoms with Gasteiger partial charge in [-0.15, -0.1) is 0 Å². The zero-order valence-electron chi connectivity index (χ0n) is 16.2. The van der Waals surface area contributed by atoms with Crippen molar-refractivity contribution in [1.29, 1.82) is 5.26 Å². The molecular weight excluding hydrogens is 374 g/mol. The molecule has 1 aliphatic rings. The summed E-state index contributed by atoms with van der Waals surface area (Å²) in [5.41, 5.74) is 4.02. The molecule has 5 nitrogen and oxygen atoms in total. The summed E-state index contributed by atoms with van der Waals surface area (Å²) < 4.78 is 7.93. The monoisotopic (exact) mass is 397 g/mol. The number of aromatic nitrogens is 1. The Kier molecular flexibility index (Phi) is 6.56. The summed E-state index contributed by atoms with van der Waals surface area (Å²) in [5.74, 6) is -0.388. The number of benzene rings is 1. The van der Waals surface area contributed by atoms with Gasteiger partial charge in [0.05, 0.1) is 6.10 Å². The van der Waals surface area contributed by atoms with Gasteiger partial charge in [0.25, 0.3) is 5.91 Å². The molecule has 0 spiro atoms. The highest BCUT2D eigenvalue weighted by atomic mass is 35.5. The Hall–Kier alpha value is -2.55. The van der Waals surface area contributed by atoms with Crippen molar-refractivity contribution >= 4 is 23.6 Å². The molecule has 0 radical (unpaired) electrons. The first-order chi connectivity index (χ1) is 13.5. The van der Waals surface area contributed by atoms with Crippen LogP contribution in [0.4, 0.5) is 0 Å². The van der Waals surface area contributed by atoms with E-state index in [4.69, 9.17) is 16.3 Å². The van der Waals surface area contributed by atoms with E-state index in [0.717, 1.165) is 48.5 Å². The molecule has 0 saturated carbocycles. The molecule has 3 rings (SSSR count). The third-order valence-electron chi connectivity index (χ3n) is 5.05. The molecule has 0 aliphatic carbocycles. The Bertz CT molecular complexity index is 916. The van der Waals surface area contributed by atoms with E-state index in [2.05, 4.69) is 9.88 Å². The number of nitrogens with one attached hydrogen (secondary N) is 1. The van der Waals surface area contributed by atoms with Crippen molar-refractivity contribution < 1.29 is 9.53 Å². The zero-order valence-corrected chi connectivity index (χ0v) is 16.9. The molecule has 2 heterocycles. The molecule has 1 fully saturated rings. The molecule has 2 aromatic rings. The maximum Gasteiger partial charge on any atom is 0.262 e. The smallest absolute Gasteiger partial charge is 0.262 e. The summed E-state index contributed by atoms with van der Waals surface area (Å²) in [4.78, 5) is 12.4. The van der Waals surface area contributed by atoms with E-state index >= 15 is 0 Å². The molecule has 1 amide bonds. The number of carbonyl (C=O) groups excluding carboxylic acids is 1. The number of hydrogen-bond donors (Lipinski definition) is 1. The van der Waals surface area contributed by atoms with Gasteiger partial charge in [-0.1, -0.05) is 23.7 Å². The fraction of sp³-hybridized carbons (Fsp3) is 0.364. The Morgan fingerprint density at radius 1 is 1.39 bits per heavy atom. The molecule has 1 aromatic carbocycles. The second-order valence-electron chi connectivity index (χ2n) is 7.05. The fourth-order valence-corrected chi connectivity index (χ4v) is 3.56. The molecule has 1 N–H and O–H groups in total. The minimum Gasteiger partial charge on any atom is -0.376 e. The van der Waals surface area contributed by atoms with Crippen molar-refractivity contribution in [2.45, 2.75) is 45.9 Å². The van der Waals surface area contributed by atoms with Gasteiger partial charge in [-0.2, -0.15) is 5.26 Å². The number of nitrogens with zero attached hydrogens (tertiary/aromatic N) is 2. The number of hydrogen-bond acceptors (Lipinski definition) is 3. The molecular formula is C22H24ClN3O2. The minimum absolute atomic E-state index is 0.0892. The summed E-state index contributed by atoms with van der Waals surface area (Å²) >= 11 is 5.87. The first kappa shape index (κ1) is 20.2. The number of rotatable bonds is 6. The SMILES string of the molecule is Cc1cc(/C=C(\C#N)C(=O)NCc2ccc(Cl)cc2)c(C)n1CC1CCCO1. The van der Waals surface area contributed by atoms with E-state index in [-0.39, 0.29) is 17.6 Å². The Labute approximate surface area is 170 Å². The van der Waals surface area contributed by atoms with Crippen molar-refractivity contribution in [1.82, 2.24) is 9.88 Å². The normalized spacial score (nSPS) is 16.8. The van der Waals surface area contributed by atoms with Crippen LogP contribution in [0.25, 0.3) is 6.08 Å². The van der Waals surface area contributed by atoms with Crippen LogP contribution in [0.3, 0.4) is 0 Å². The fourth-order valence-electron chi connectivity index (χ4n) is 3.43. The molecule has 1 aliphatic heterocycles. The number of halogens is 1. The van der Waals surface area contributed by atoms with Gasteiger partial charge in [-0.25, -0.2) is 0 Å². The third kappa shape index (κ3) is 4.83. The van der Waals surface area contributed by atoms with Crippen LogP contribution in [0, 0.1) is 25.2 Å². The van der Waals surface area contributed by atoms with E-state index in [0.29, 0.717) is 11.6 Å². The van der Waals surface area contributed by atoms with Gasteiger partial charge < -0.3 is 14.6 Å². The largest absolute Gasteiger partial charge is 0.376 e. The van der Waals surface area contributed by atoms with Crippen LogP contribution in [0.5, 0.6) is 0 Å². The highest BCUT2D eigenvalue weighted by Crippen LogP contribution is 2.22. The van der Waals surface area contributed by atoms with Crippen LogP contribution in [0.2, 0.25) is 5.02 Å². The molecule has 0 bridgehead atoms. The van der Waals surface area contributed by atoms with Crippen LogP contribution in [0.15, 0.2) is 35.9 Å². The quantitative estimate of drug-likeness (QED) is 0.587. The number of carbonyl (C=O) groups is 1. The number of aryl methyl sites for hydroxylation is 1. The lowest BCUT2D eigenvalue weighted by molar-refractivity contribution is -0.117. The Morgan fingerprint density at radius 3 is 2.79 bits per heavy atom. The van der Waals surface area contributed by atoms with Crippen molar-refractivity contribution in [2.24, 2.45) is 0 Å². The van der Waals surface area contributed by atoms with E-state index in [1.165, 1.54) is 0 Å². The van der Waals surface area contributed by atoms with E-state index in [1.807, 2.05) is 38.1 Å². The maximum absolute atomic E-state index is 12.4. The minimum atomic E-state index is -0.388. The zero-order chi connectivity index (χ0) is 20.1. The van der Waals surface area contributed by atoms with Crippen LogP contribution in [-0.4, -0.2) is 23.2 Å². The van der Waals surface area contributed by atoms with E-state index in [1.54, 1.807) is 18.2 Å². The summed E-state index contributed by atoms with van der Waals surface area (Å²) in [5, 5.41) is 12.9. The van der Waals surface area contributed by atoms with Crippen LogP contribution in [0.1, 0.15) is 35.4 Å². The highest BCUT2D eigenvalue weighted by molar-refractivity contribution is 6.30. The van der Waals surface area contributed by atoms with Crippen molar-refractivity contribution in [3.8, 4) is 6.07 Å². The molecule has 6 heteroatoms. The van der Waals surface area contributed by atoms with Gasteiger partial charge in [-0.3, -0.25) is 4.79 Å². The predicted octanol–water partition coefficient (Wildman–Crippen LogP) is 4.16. The van der Waals surface area contributed by atoms with Crippen molar-refractivity contribution in [2.75, 3.05) is 6.61 Å². The summed E-state index contributed by atoms with van der Waals surface area (Å²) in [7, 11) is 0. The molecule has 1 atom stereocenters. The average molecular weight is 398 g/mol. The van der Waals surface area contributed by atoms with Crippen LogP contribution >= 0.6 is 11.6 Å². The van der Waals surface area contributed by atoms with E-state index < -0.39 is 0 Å². The summed E-state index contributed by atoms with van der Waals surface area (Å²) in [6, 6.07) is 11.3. The van der Waals surface area contributed by atoms with Gasteiger partial charge in [-0.05, 0) is 62.1 Å². The third-order valence-corrected chi connectivity index (χ3v) is 5.31. The summed E-state index contributed by atoms with van der Waals surface area (Å²) in [6.07, 6.45) is 4.06. The molecule has 1 aromatic heterocycles. The Morgan fingerprint density at radius 2 is 2.14 bits per heavy atom. The number of amides is 1. The maximum atomic E-state index is 12.4. The first-order valence-corrected chi connectivity index (χ1v) is 9.78. The lowest BCUT2D eigenvalue weighted by atomic mass is 10.1. The average Bonchev–Trinajstić information content (AvgIpc) is 3.29. The standard InChI is InChI=1S/C22H24ClN3O2/c1-15-10-18(16(2)26(15)14-21-4-3-9-28-21)11-19(12-24)22(27)25-13-17-5-7-20(23)8-6-17/h5-8,10-11,21H,3-4,9,13-14H2,1-2H3,(H,25,27)/b19-11+. The van der Waals surface area contributed by atoms with Crippen molar-refractivity contribution in [3.63, 3.8) is 0 Å². The predicted molar refractivity (Wildman–Crippen MR) is 110 cm³/mol. The Balaban J connectivity index is 1.71. The number of ether oxygens (including phenoxy) is 1. The number of nitriles is 1. The molecule has 28 heavy (non-hydrogen) atoms. The highest BCUT2D eigenvalue weighted by Gasteiger charge is 2.19. The van der Waals surface area contributed by atoms with Crippen LogP contribution < -0.4 is 5.32 Å². The lowest BCUT2D eigenvalue weighted by Crippen LogP contribution is -2.23. The van der Waals surface area contributed by atoms with Gasteiger partial charge in [0.1, 0.15) is 11.6 Å². The van der Waals surface area contributed by atoms with Gasteiger partial charge in [0.15, 0.2) is 0 Å². The second kappa shape index (κ2) is 9.09. The lowest BCUT2D eigenvalue weighted by Gasteiger charge is -2.14. The second-order valence-corrected chi connectivity index (χ2v) is 7.49. The van der Waals surface area contributed by atoms with Gasteiger partial charge >= 0.3 is 0 Å². The van der Waals surface area contributed by atoms with Crippen LogP contribution in [-0.2, 0) is 22.6 Å². The molecule has 1 unspecified atom stereocenters. The molecule has 146 valence electrons.